The van der Waals surface area contributed by atoms with Gasteiger partial charge in [0.1, 0.15) is 6.04 Å². The summed E-state index contributed by atoms with van der Waals surface area (Å²) in [6, 6.07) is 16.0. The highest BCUT2D eigenvalue weighted by Crippen LogP contribution is 2.24. The van der Waals surface area contributed by atoms with Crippen LogP contribution in [0.15, 0.2) is 54.6 Å². The molecule has 170 valence electrons. The van der Waals surface area contributed by atoms with Crippen molar-refractivity contribution in [1.29, 1.82) is 0 Å². The molecule has 1 atom stereocenters. The third kappa shape index (κ3) is 5.55. The number of likely N-dealkylation sites (tertiary alicyclic amines) is 1. The van der Waals surface area contributed by atoms with Crippen molar-refractivity contribution in [2.45, 2.75) is 39.7 Å². The van der Waals surface area contributed by atoms with Crippen molar-refractivity contribution >= 4 is 17.7 Å². The summed E-state index contributed by atoms with van der Waals surface area (Å²) in [5, 5.41) is 3.01. The van der Waals surface area contributed by atoms with Crippen LogP contribution >= 0.6 is 0 Å². The molecule has 2 aromatic carbocycles. The Morgan fingerprint density at radius 1 is 0.938 bits per heavy atom. The zero-order valence-electron chi connectivity index (χ0n) is 19.2. The summed E-state index contributed by atoms with van der Waals surface area (Å²) in [6.45, 7) is 8.19. The van der Waals surface area contributed by atoms with E-state index >= 15 is 0 Å². The molecule has 1 heterocycles. The lowest BCUT2D eigenvalue weighted by molar-refractivity contribution is -0.134. The number of piperidine rings is 1. The van der Waals surface area contributed by atoms with E-state index in [1.165, 1.54) is 0 Å². The van der Waals surface area contributed by atoms with Gasteiger partial charge in [-0.2, -0.15) is 0 Å². The first-order valence-electron chi connectivity index (χ1n) is 11.4. The van der Waals surface area contributed by atoms with Gasteiger partial charge in [0.2, 0.25) is 5.91 Å². The lowest BCUT2D eigenvalue weighted by Crippen LogP contribution is -2.54. The molecule has 0 spiro atoms. The van der Waals surface area contributed by atoms with E-state index in [0.29, 0.717) is 50.1 Å². The monoisotopic (exact) mass is 435 g/mol. The van der Waals surface area contributed by atoms with Crippen LogP contribution in [0.25, 0.3) is 0 Å². The van der Waals surface area contributed by atoms with Crippen molar-refractivity contribution in [3.8, 4) is 0 Å². The zero-order chi connectivity index (χ0) is 23.1. The van der Waals surface area contributed by atoms with Crippen LogP contribution in [0.2, 0.25) is 0 Å². The number of hydrogen-bond acceptors (Lipinski definition) is 3. The van der Waals surface area contributed by atoms with E-state index in [1.807, 2.05) is 68.1 Å². The minimum atomic E-state index is -0.599. The third-order valence-corrected chi connectivity index (χ3v) is 6.26. The van der Waals surface area contributed by atoms with Gasteiger partial charge in [-0.15, -0.1) is 0 Å². The van der Waals surface area contributed by atoms with E-state index in [-0.39, 0.29) is 23.6 Å². The van der Waals surface area contributed by atoms with Gasteiger partial charge < -0.3 is 15.1 Å². The van der Waals surface area contributed by atoms with E-state index in [9.17, 15) is 14.4 Å². The van der Waals surface area contributed by atoms with Crippen molar-refractivity contribution in [2.24, 2.45) is 5.92 Å². The van der Waals surface area contributed by atoms with Crippen molar-refractivity contribution in [3.05, 3.63) is 71.3 Å². The predicted octanol–water partition coefficient (Wildman–Crippen LogP) is 3.51. The molecule has 0 bridgehead atoms. The van der Waals surface area contributed by atoms with Crippen molar-refractivity contribution < 1.29 is 14.4 Å². The lowest BCUT2D eigenvalue weighted by atomic mass is 9.87. The molecule has 1 aliphatic rings. The summed E-state index contributed by atoms with van der Waals surface area (Å²) in [4.78, 5) is 42.6. The summed E-state index contributed by atoms with van der Waals surface area (Å²) in [6.07, 6.45) is 1.34. The topological polar surface area (TPSA) is 69.7 Å². The zero-order valence-corrected chi connectivity index (χ0v) is 19.2. The summed E-state index contributed by atoms with van der Waals surface area (Å²) >= 11 is 0. The molecule has 0 saturated carbocycles. The van der Waals surface area contributed by atoms with Crippen LogP contribution in [0.4, 0.5) is 0 Å². The van der Waals surface area contributed by atoms with Gasteiger partial charge in [-0.25, -0.2) is 0 Å². The molecule has 0 aromatic heterocycles. The first kappa shape index (κ1) is 23.5. The highest BCUT2D eigenvalue weighted by atomic mass is 16.2. The Bertz CT molecular complexity index is 915. The van der Waals surface area contributed by atoms with E-state index in [0.717, 1.165) is 5.56 Å². The number of benzene rings is 2. The maximum atomic E-state index is 13.3. The maximum absolute atomic E-state index is 13.3. The van der Waals surface area contributed by atoms with Crippen LogP contribution in [-0.2, 0) is 4.79 Å². The van der Waals surface area contributed by atoms with Crippen LogP contribution < -0.4 is 5.32 Å². The number of rotatable bonds is 7. The second-order valence-corrected chi connectivity index (χ2v) is 8.32. The van der Waals surface area contributed by atoms with Crippen LogP contribution in [0.3, 0.4) is 0 Å². The van der Waals surface area contributed by atoms with E-state index in [2.05, 4.69) is 5.32 Å². The minimum absolute atomic E-state index is 0.0133. The molecule has 3 amide bonds. The number of nitrogens with zero attached hydrogens (tertiary/aromatic N) is 2. The highest BCUT2D eigenvalue weighted by Gasteiger charge is 2.35. The Morgan fingerprint density at radius 3 is 2.09 bits per heavy atom. The number of carbonyl (C=O) groups excluding carboxylic acids is 3. The van der Waals surface area contributed by atoms with Crippen LogP contribution in [0, 0.1) is 12.8 Å². The molecule has 1 saturated heterocycles. The summed E-state index contributed by atoms with van der Waals surface area (Å²) in [5.41, 5.74) is 2.30. The van der Waals surface area contributed by atoms with Gasteiger partial charge in [-0.3, -0.25) is 14.4 Å². The normalized spacial score (nSPS) is 15.2. The molecule has 1 N–H and O–H groups in total. The number of aryl methyl sites for hydroxylation is 1. The average Bonchev–Trinajstić information content (AvgIpc) is 2.83. The van der Waals surface area contributed by atoms with Crippen molar-refractivity contribution in [3.63, 3.8) is 0 Å². The molecule has 3 rings (SSSR count). The van der Waals surface area contributed by atoms with Gasteiger partial charge in [0.05, 0.1) is 0 Å². The molecule has 6 heteroatoms. The summed E-state index contributed by atoms with van der Waals surface area (Å²) in [5.74, 6) is -0.293. The maximum Gasteiger partial charge on any atom is 0.253 e. The first-order valence-corrected chi connectivity index (χ1v) is 11.4. The molecule has 0 unspecified atom stereocenters. The van der Waals surface area contributed by atoms with Crippen LogP contribution in [0.5, 0.6) is 0 Å². The van der Waals surface area contributed by atoms with Crippen molar-refractivity contribution in [1.82, 2.24) is 15.1 Å². The van der Waals surface area contributed by atoms with Gasteiger partial charge in [0.15, 0.2) is 0 Å². The van der Waals surface area contributed by atoms with Crippen molar-refractivity contribution in [2.75, 3.05) is 26.2 Å². The number of likely N-dealkylation sites (N-methyl/N-ethyl adjacent to an activating group) is 1. The Labute approximate surface area is 190 Å². The summed E-state index contributed by atoms with van der Waals surface area (Å²) < 4.78 is 0. The number of amides is 3. The Balaban J connectivity index is 1.72. The third-order valence-electron chi connectivity index (χ3n) is 6.26. The summed E-state index contributed by atoms with van der Waals surface area (Å²) in [7, 11) is 0. The van der Waals surface area contributed by atoms with Gasteiger partial charge in [-0.1, -0.05) is 35.9 Å². The van der Waals surface area contributed by atoms with Gasteiger partial charge in [-0.05, 0) is 63.8 Å². The molecule has 0 aliphatic carbocycles. The lowest BCUT2D eigenvalue weighted by Gasteiger charge is -2.37. The second-order valence-electron chi connectivity index (χ2n) is 8.32. The van der Waals surface area contributed by atoms with E-state index in [1.54, 1.807) is 17.0 Å². The SMILES string of the molecule is CCN(CC)C(=O)[C@@H](NC(=O)c1ccc(C)cc1)C1CCN(C(=O)c2ccccc2)CC1. The van der Waals surface area contributed by atoms with Crippen LogP contribution in [0.1, 0.15) is 53.0 Å². The molecule has 1 fully saturated rings. The van der Waals surface area contributed by atoms with E-state index < -0.39 is 6.04 Å². The Morgan fingerprint density at radius 2 is 1.53 bits per heavy atom. The fourth-order valence-electron chi connectivity index (χ4n) is 4.24. The first-order chi connectivity index (χ1) is 15.4. The fraction of sp³-hybridized carbons (Fsp3) is 0.423. The molecule has 0 radical (unpaired) electrons. The largest absolute Gasteiger partial charge is 0.341 e. The van der Waals surface area contributed by atoms with Gasteiger partial charge in [0, 0.05) is 37.3 Å². The quantitative estimate of drug-likeness (QED) is 0.724. The van der Waals surface area contributed by atoms with Gasteiger partial charge >= 0.3 is 0 Å². The second kappa shape index (κ2) is 10.9. The van der Waals surface area contributed by atoms with E-state index in [4.69, 9.17) is 0 Å². The number of hydrogen-bond donors (Lipinski definition) is 1. The molecule has 32 heavy (non-hydrogen) atoms. The Kier molecular flexibility index (Phi) is 8.03. The average molecular weight is 436 g/mol. The highest BCUT2D eigenvalue weighted by molar-refractivity contribution is 5.98. The molecular formula is C26H33N3O3. The molecule has 1 aliphatic heterocycles. The molecular weight excluding hydrogens is 402 g/mol. The minimum Gasteiger partial charge on any atom is -0.341 e. The Hall–Kier alpha value is -3.15. The number of carbonyl (C=O) groups is 3. The smallest absolute Gasteiger partial charge is 0.253 e. The van der Waals surface area contributed by atoms with Crippen LogP contribution in [-0.4, -0.2) is 59.7 Å². The predicted molar refractivity (Wildman–Crippen MR) is 125 cm³/mol. The van der Waals surface area contributed by atoms with Gasteiger partial charge in [0.25, 0.3) is 11.8 Å². The molecule has 6 nitrogen and oxygen atoms in total. The fourth-order valence-corrected chi connectivity index (χ4v) is 4.24. The standard InChI is InChI=1S/C26H33N3O3/c1-4-28(5-2)26(32)23(27-24(30)21-13-11-19(3)12-14-21)20-15-17-29(18-16-20)25(31)22-9-7-6-8-10-22/h6-14,20,23H,4-5,15-18H2,1-3H3,(H,27,30)/t23-/m0/s1. The molecule has 2 aromatic rings. The number of nitrogens with one attached hydrogen (secondary N) is 1.